The summed E-state index contributed by atoms with van der Waals surface area (Å²) in [5, 5.41) is 13.9. The predicted molar refractivity (Wildman–Crippen MR) is 112 cm³/mol. The van der Waals surface area contributed by atoms with Crippen molar-refractivity contribution in [3.05, 3.63) is 58.1 Å². The highest BCUT2D eigenvalue weighted by molar-refractivity contribution is 5.77. The number of fused-ring (bicyclic) bond motifs is 1. The van der Waals surface area contributed by atoms with Crippen LogP contribution in [0.25, 0.3) is 0 Å². The molecule has 0 bridgehead atoms. The van der Waals surface area contributed by atoms with Gasteiger partial charge >= 0.3 is 0 Å². The number of anilines is 1. The van der Waals surface area contributed by atoms with Gasteiger partial charge in [-0.25, -0.2) is 0 Å². The Morgan fingerprint density at radius 3 is 2.67 bits per heavy atom. The van der Waals surface area contributed by atoms with Crippen molar-refractivity contribution >= 4 is 17.3 Å². The zero-order valence-electron chi connectivity index (χ0n) is 16.7. The first-order chi connectivity index (χ1) is 14.6. The van der Waals surface area contributed by atoms with Gasteiger partial charge in [0.25, 0.3) is 5.69 Å². The minimum Gasteiger partial charge on any atom is -0.486 e. The Kier molecular flexibility index (Phi) is 6.02. The number of likely N-dealkylation sites (tertiary alicyclic amines) is 1. The lowest BCUT2D eigenvalue weighted by atomic mass is 10.0. The van der Waals surface area contributed by atoms with Crippen molar-refractivity contribution in [1.82, 2.24) is 4.90 Å². The summed E-state index contributed by atoms with van der Waals surface area (Å²) in [7, 11) is 0. The first-order valence-electron chi connectivity index (χ1n) is 10.3. The highest BCUT2D eigenvalue weighted by Crippen LogP contribution is 2.38. The van der Waals surface area contributed by atoms with Gasteiger partial charge in [0, 0.05) is 37.3 Å². The molecule has 2 aromatic carbocycles. The van der Waals surface area contributed by atoms with E-state index >= 15 is 0 Å². The van der Waals surface area contributed by atoms with Gasteiger partial charge in [0.2, 0.25) is 5.91 Å². The molecule has 2 aliphatic rings. The van der Waals surface area contributed by atoms with Gasteiger partial charge in [-0.1, -0.05) is 6.07 Å². The van der Waals surface area contributed by atoms with Crippen molar-refractivity contribution in [1.29, 1.82) is 0 Å². The third kappa shape index (κ3) is 4.48. The standard InChI is InChI=1S/C22H25N3O5/c26-22(4-1-11-23-17-6-8-18(9-7-17)25(27)28)24-12-2-3-19(24)16-5-10-20-21(15-16)30-14-13-29-20/h5-10,15,19,23H,1-4,11-14H2. The number of carbonyl (C=O) groups excluding carboxylic acids is 1. The summed E-state index contributed by atoms with van der Waals surface area (Å²) in [6.07, 6.45) is 3.10. The number of nitrogens with one attached hydrogen (secondary N) is 1. The lowest BCUT2D eigenvalue weighted by Crippen LogP contribution is -2.30. The maximum atomic E-state index is 12.8. The van der Waals surface area contributed by atoms with Crippen LogP contribution >= 0.6 is 0 Å². The quantitative estimate of drug-likeness (QED) is 0.422. The lowest BCUT2D eigenvalue weighted by Gasteiger charge is -2.27. The summed E-state index contributed by atoms with van der Waals surface area (Å²) in [4.78, 5) is 25.1. The predicted octanol–water partition coefficient (Wildman–Crippen LogP) is 3.92. The average Bonchev–Trinajstić information content (AvgIpc) is 3.26. The molecule has 1 N–H and O–H groups in total. The van der Waals surface area contributed by atoms with Gasteiger partial charge in [-0.15, -0.1) is 0 Å². The molecule has 1 amide bonds. The highest BCUT2D eigenvalue weighted by atomic mass is 16.6. The molecule has 0 spiro atoms. The van der Waals surface area contributed by atoms with Crippen LogP contribution in [0.5, 0.6) is 11.5 Å². The fourth-order valence-electron chi connectivity index (χ4n) is 4.00. The van der Waals surface area contributed by atoms with Crippen LogP contribution in [0.15, 0.2) is 42.5 Å². The second-order valence-corrected chi connectivity index (χ2v) is 7.48. The fourth-order valence-corrected chi connectivity index (χ4v) is 4.00. The fraction of sp³-hybridized carbons (Fsp3) is 0.409. The molecule has 0 saturated carbocycles. The molecule has 1 saturated heterocycles. The summed E-state index contributed by atoms with van der Waals surface area (Å²) in [5.41, 5.74) is 1.97. The third-order valence-electron chi connectivity index (χ3n) is 5.50. The highest BCUT2D eigenvalue weighted by Gasteiger charge is 2.30. The number of rotatable bonds is 7. The molecule has 0 radical (unpaired) electrons. The molecule has 8 nitrogen and oxygen atoms in total. The lowest BCUT2D eigenvalue weighted by molar-refractivity contribution is -0.384. The van der Waals surface area contributed by atoms with E-state index in [0.29, 0.717) is 32.6 Å². The number of hydrogen-bond acceptors (Lipinski definition) is 6. The number of nitro benzene ring substituents is 1. The van der Waals surface area contributed by atoms with Crippen LogP contribution in [0.4, 0.5) is 11.4 Å². The first-order valence-corrected chi connectivity index (χ1v) is 10.3. The molecule has 1 fully saturated rings. The number of ether oxygens (including phenoxy) is 2. The molecule has 2 aromatic rings. The summed E-state index contributed by atoms with van der Waals surface area (Å²) < 4.78 is 11.3. The van der Waals surface area contributed by atoms with Gasteiger partial charge in [-0.05, 0) is 49.1 Å². The molecule has 158 valence electrons. The Morgan fingerprint density at radius 1 is 1.13 bits per heavy atom. The second kappa shape index (κ2) is 9.02. The number of non-ortho nitro benzene ring substituents is 1. The van der Waals surface area contributed by atoms with E-state index in [9.17, 15) is 14.9 Å². The number of nitrogens with zero attached hydrogens (tertiary/aromatic N) is 2. The van der Waals surface area contributed by atoms with Gasteiger partial charge < -0.3 is 19.7 Å². The number of carbonyl (C=O) groups is 1. The largest absolute Gasteiger partial charge is 0.486 e. The van der Waals surface area contributed by atoms with E-state index in [1.165, 1.54) is 12.1 Å². The van der Waals surface area contributed by atoms with Crippen molar-refractivity contribution < 1.29 is 19.2 Å². The van der Waals surface area contributed by atoms with E-state index in [0.717, 1.165) is 42.1 Å². The number of benzene rings is 2. The molecule has 0 aromatic heterocycles. The monoisotopic (exact) mass is 411 g/mol. The van der Waals surface area contributed by atoms with Gasteiger partial charge in [0.15, 0.2) is 11.5 Å². The Hall–Kier alpha value is -3.29. The van der Waals surface area contributed by atoms with Crippen LogP contribution in [-0.4, -0.2) is 42.0 Å². The molecule has 1 unspecified atom stereocenters. The minimum absolute atomic E-state index is 0.0648. The van der Waals surface area contributed by atoms with E-state index in [1.54, 1.807) is 12.1 Å². The average molecular weight is 411 g/mol. The maximum absolute atomic E-state index is 12.8. The van der Waals surface area contributed by atoms with Crippen LogP contribution in [0, 0.1) is 10.1 Å². The summed E-state index contributed by atoms with van der Waals surface area (Å²) in [5.74, 6) is 1.67. The van der Waals surface area contributed by atoms with E-state index in [4.69, 9.17) is 9.47 Å². The molecule has 8 heteroatoms. The third-order valence-corrected chi connectivity index (χ3v) is 5.50. The topological polar surface area (TPSA) is 93.9 Å². The normalized spacial score (nSPS) is 17.6. The van der Waals surface area contributed by atoms with Crippen molar-refractivity contribution in [2.24, 2.45) is 0 Å². The first kappa shape index (κ1) is 20.0. The van der Waals surface area contributed by atoms with Crippen LogP contribution in [0.3, 0.4) is 0 Å². The van der Waals surface area contributed by atoms with E-state index in [1.807, 2.05) is 23.1 Å². The smallest absolute Gasteiger partial charge is 0.269 e. The van der Waals surface area contributed by atoms with E-state index < -0.39 is 4.92 Å². The Balaban J connectivity index is 1.29. The van der Waals surface area contributed by atoms with E-state index in [2.05, 4.69) is 5.32 Å². The van der Waals surface area contributed by atoms with E-state index in [-0.39, 0.29) is 17.6 Å². The van der Waals surface area contributed by atoms with Crippen LogP contribution in [0.1, 0.15) is 37.3 Å². The molecule has 30 heavy (non-hydrogen) atoms. The zero-order chi connectivity index (χ0) is 20.9. The van der Waals surface area contributed by atoms with Crippen LogP contribution in [-0.2, 0) is 4.79 Å². The maximum Gasteiger partial charge on any atom is 0.269 e. The zero-order valence-corrected chi connectivity index (χ0v) is 16.7. The van der Waals surface area contributed by atoms with Crippen molar-refractivity contribution in [2.45, 2.75) is 31.7 Å². The Labute approximate surface area is 174 Å². The summed E-state index contributed by atoms with van der Waals surface area (Å²) in [6.45, 7) is 2.51. The Morgan fingerprint density at radius 2 is 1.90 bits per heavy atom. The van der Waals surface area contributed by atoms with Crippen molar-refractivity contribution in [3.8, 4) is 11.5 Å². The molecular weight excluding hydrogens is 386 g/mol. The second-order valence-electron chi connectivity index (χ2n) is 7.48. The van der Waals surface area contributed by atoms with Crippen LogP contribution in [0.2, 0.25) is 0 Å². The Bertz CT molecular complexity index is 915. The van der Waals surface area contributed by atoms with Gasteiger partial charge in [-0.3, -0.25) is 14.9 Å². The molecule has 4 rings (SSSR count). The van der Waals surface area contributed by atoms with Gasteiger partial charge in [0.05, 0.1) is 11.0 Å². The van der Waals surface area contributed by atoms with Crippen molar-refractivity contribution in [2.75, 3.05) is 31.6 Å². The number of amides is 1. The minimum atomic E-state index is -0.420. The van der Waals surface area contributed by atoms with Gasteiger partial charge in [0.1, 0.15) is 13.2 Å². The molecule has 1 atom stereocenters. The number of nitro groups is 1. The summed E-state index contributed by atoms with van der Waals surface area (Å²) >= 11 is 0. The van der Waals surface area contributed by atoms with Gasteiger partial charge in [-0.2, -0.15) is 0 Å². The van der Waals surface area contributed by atoms with Crippen LogP contribution < -0.4 is 14.8 Å². The van der Waals surface area contributed by atoms with Crippen molar-refractivity contribution in [3.63, 3.8) is 0 Å². The molecule has 0 aliphatic carbocycles. The molecule has 2 aliphatic heterocycles. The SMILES string of the molecule is O=C(CCCNc1ccc([N+](=O)[O-])cc1)N1CCCC1c1ccc2c(c1)OCCO2. The molecule has 2 heterocycles. The molecular formula is C22H25N3O5. The number of hydrogen-bond donors (Lipinski definition) is 1. The summed E-state index contributed by atoms with van der Waals surface area (Å²) in [6, 6.07) is 12.3.